The summed E-state index contributed by atoms with van der Waals surface area (Å²) in [5, 5.41) is 5.62. The predicted molar refractivity (Wildman–Crippen MR) is 118 cm³/mol. The fourth-order valence-electron chi connectivity index (χ4n) is 3.55. The number of pyridine rings is 1. The minimum absolute atomic E-state index is 0.00500. The van der Waals surface area contributed by atoms with Crippen molar-refractivity contribution in [1.29, 1.82) is 0 Å². The van der Waals surface area contributed by atoms with Gasteiger partial charge in [-0.3, -0.25) is 9.59 Å². The highest BCUT2D eigenvalue weighted by atomic mass is 16.2. The van der Waals surface area contributed by atoms with Crippen molar-refractivity contribution in [1.82, 2.24) is 20.1 Å². The number of hydrogen-bond donors (Lipinski definition) is 2. The zero-order chi connectivity index (χ0) is 22.1. The summed E-state index contributed by atoms with van der Waals surface area (Å²) in [6.45, 7) is 1.88. The number of anilines is 1. The van der Waals surface area contributed by atoms with Crippen LogP contribution < -0.4 is 10.6 Å². The van der Waals surface area contributed by atoms with Gasteiger partial charge in [0.15, 0.2) is 0 Å². The molecule has 0 spiro atoms. The Morgan fingerprint density at radius 2 is 1.77 bits per heavy atom. The largest absolute Gasteiger partial charge is 0.343 e. The van der Waals surface area contributed by atoms with Crippen LogP contribution >= 0.6 is 0 Å². The molecule has 2 aromatic rings. The summed E-state index contributed by atoms with van der Waals surface area (Å²) in [7, 11) is 1.73. The van der Waals surface area contributed by atoms with Gasteiger partial charge in [0.05, 0.1) is 0 Å². The fraction of sp³-hybridized carbons (Fsp3) is 0.391. The van der Waals surface area contributed by atoms with Crippen LogP contribution in [0.3, 0.4) is 0 Å². The van der Waals surface area contributed by atoms with E-state index >= 15 is 0 Å². The number of rotatable bonds is 7. The smallest absolute Gasteiger partial charge is 0.317 e. The number of amides is 4. The molecule has 0 unspecified atom stereocenters. The van der Waals surface area contributed by atoms with E-state index in [9.17, 15) is 14.4 Å². The molecule has 1 aromatic heterocycles. The van der Waals surface area contributed by atoms with Gasteiger partial charge in [-0.1, -0.05) is 36.4 Å². The van der Waals surface area contributed by atoms with Crippen molar-refractivity contribution in [3.05, 3.63) is 60.3 Å². The Morgan fingerprint density at radius 3 is 2.45 bits per heavy atom. The number of carbonyl (C=O) groups is 3. The molecule has 0 atom stereocenters. The van der Waals surface area contributed by atoms with E-state index < -0.39 is 0 Å². The number of aromatic nitrogens is 1. The van der Waals surface area contributed by atoms with Gasteiger partial charge in [-0.15, -0.1) is 0 Å². The van der Waals surface area contributed by atoms with Crippen LogP contribution in [0.15, 0.2) is 54.7 Å². The second-order valence-corrected chi connectivity index (χ2v) is 7.68. The predicted octanol–water partition coefficient (Wildman–Crippen LogP) is 2.49. The maximum Gasteiger partial charge on any atom is 0.317 e. The molecular weight excluding hydrogens is 394 g/mol. The molecule has 0 bridgehead atoms. The van der Waals surface area contributed by atoms with Crippen molar-refractivity contribution < 1.29 is 14.4 Å². The quantitative estimate of drug-likeness (QED) is 0.715. The first kappa shape index (κ1) is 22.3. The summed E-state index contributed by atoms with van der Waals surface area (Å²) in [4.78, 5) is 44.5. The third kappa shape index (κ3) is 6.80. The monoisotopic (exact) mass is 423 g/mol. The highest BCUT2D eigenvalue weighted by Gasteiger charge is 2.27. The van der Waals surface area contributed by atoms with Gasteiger partial charge in [0.1, 0.15) is 5.82 Å². The Balaban J connectivity index is 1.34. The van der Waals surface area contributed by atoms with Crippen LogP contribution in [0.25, 0.3) is 0 Å². The second-order valence-electron chi connectivity index (χ2n) is 7.68. The summed E-state index contributed by atoms with van der Waals surface area (Å²) >= 11 is 0. The lowest BCUT2D eigenvalue weighted by molar-refractivity contribution is -0.134. The van der Waals surface area contributed by atoms with Crippen molar-refractivity contribution in [2.24, 2.45) is 5.92 Å². The van der Waals surface area contributed by atoms with Crippen LogP contribution in [0.5, 0.6) is 0 Å². The van der Waals surface area contributed by atoms with Gasteiger partial charge < -0.3 is 20.4 Å². The summed E-state index contributed by atoms with van der Waals surface area (Å²) in [5.74, 6) is 0.352. The van der Waals surface area contributed by atoms with Gasteiger partial charge in [-0.05, 0) is 30.5 Å². The number of urea groups is 1. The molecule has 1 fully saturated rings. The topological polar surface area (TPSA) is 94.6 Å². The lowest BCUT2D eigenvalue weighted by Gasteiger charge is -2.31. The molecule has 1 aliphatic heterocycles. The van der Waals surface area contributed by atoms with Gasteiger partial charge >= 0.3 is 6.03 Å². The average molecular weight is 424 g/mol. The fourth-order valence-corrected chi connectivity index (χ4v) is 3.55. The molecule has 0 aliphatic carbocycles. The van der Waals surface area contributed by atoms with Crippen LogP contribution in [-0.2, 0) is 16.1 Å². The van der Waals surface area contributed by atoms with E-state index in [0.717, 1.165) is 5.56 Å². The summed E-state index contributed by atoms with van der Waals surface area (Å²) in [6.07, 6.45) is 3.12. The molecule has 8 heteroatoms. The van der Waals surface area contributed by atoms with E-state index in [-0.39, 0.29) is 36.7 Å². The van der Waals surface area contributed by atoms with E-state index in [1.54, 1.807) is 35.2 Å². The van der Waals surface area contributed by atoms with Gasteiger partial charge in [0, 0.05) is 51.8 Å². The molecule has 2 N–H and O–H groups in total. The lowest BCUT2D eigenvalue weighted by Crippen LogP contribution is -2.43. The van der Waals surface area contributed by atoms with Crippen LogP contribution in [0, 0.1) is 5.92 Å². The first-order valence-corrected chi connectivity index (χ1v) is 10.6. The van der Waals surface area contributed by atoms with Gasteiger partial charge in [0.25, 0.3) is 0 Å². The maximum absolute atomic E-state index is 12.5. The van der Waals surface area contributed by atoms with Crippen LogP contribution in [0.1, 0.15) is 24.8 Å². The molecule has 1 aliphatic rings. The van der Waals surface area contributed by atoms with Gasteiger partial charge in [0.2, 0.25) is 11.8 Å². The molecule has 31 heavy (non-hydrogen) atoms. The molecule has 2 heterocycles. The molecular formula is C23H29N5O3. The lowest BCUT2D eigenvalue weighted by atomic mass is 9.95. The summed E-state index contributed by atoms with van der Waals surface area (Å²) < 4.78 is 0. The first-order chi connectivity index (χ1) is 15.0. The Labute approximate surface area is 182 Å². The molecule has 8 nitrogen and oxygen atoms in total. The molecule has 0 radical (unpaired) electrons. The van der Waals surface area contributed by atoms with Crippen LogP contribution in [0.4, 0.5) is 10.6 Å². The van der Waals surface area contributed by atoms with Gasteiger partial charge in [-0.25, -0.2) is 9.78 Å². The number of hydrogen-bond acceptors (Lipinski definition) is 4. The third-order valence-electron chi connectivity index (χ3n) is 5.36. The number of piperidine rings is 1. The van der Waals surface area contributed by atoms with Crippen molar-refractivity contribution >= 4 is 23.7 Å². The molecule has 4 amide bonds. The molecule has 1 aromatic carbocycles. The Hall–Kier alpha value is -3.42. The number of benzene rings is 1. The van der Waals surface area contributed by atoms with E-state index in [2.05, 4.69) is 15.6 Å². The van der Waals surface area contributed by atoms with E-state index in [4.69, 9.17) is 0 Å². The zero-order valence-corrected chi connectivity index (χ0v) is 17.8. The van der Waals surface area contributed by atoms with E-state index in [1.165, 1.54) is 0 Å². The van der Waals surface area contributed by atoms with Crippen molar-refractivity contribution in [2.45, 2.75) is 25.8 Å². The number of nitrogens with zero attached hydrogens (tertiary/aromatic N) is 3. The van der Waals surface area contributed by atoms with Crippen LogP contribution in [-0.4, -0.2) is 59.3 Å². The molecule has 0 saturated carbocycles. The first-order valence-electron chi connectivity index (χ1n) is 10.6. The van der Waals surface area contributed by atoms with E-state index in [1.807, 2.05) is 36.4 Å². The molecule has 164 valence electrons. The number of likely N-dealkylation sites (tertiary alicyclic amines) is 1. The maximum atomic E-state index is 12.5. The average Bonchev–Trinajstić information content (AvgIpc) is 2.80. The Kier molecular flexibility index (Phi) is 7.98. The Morgan fingerprint density at radius 1 is 1.06 bits per heavy atom. The summed E-state index contributed by atoms with van der Waals surface area (Å²) in [5.41, 5.74) is 1.05. The molecule has 1 saturated heterocycles. The minimum atomic E-state index is -0.207. The van der Waals surface area contributed by atoms with Crippen molar-refractivity contribution in [3.8, 4) is 0 Å². The standard InChI is InChI=1S/C23H29N5O3/c1-27(17-18-7-3-2-4-8-18)23(31)25-14-10-21(29)28-15-11-19(12-16-28)22(30)26-20-9-5-6-13-24-20/h2-9,13,19H,10-12,14-17H2,1H3,(H,25,31)(H,24,26,30). The highest BCUT2D eigenvalue weighted by Crippen LogP contribution is 2.19. The van der Waals surface area contributed by atoms with E-state index in [0.29, 0.717) is 38.3 Å². The van der Waals surface area contributed by atoms with Crippen molar-refractivity contribution in [2.75, 3.05) is 32.0 Å². The normalized spacial score (nSPS) is 14.0. The summed E-state index contributed by atoms with van der Waals surface area (Å²) in [6, 6.07) is 14.9. The van der Waals surface area contributed by atoms with Gasteiger partial charge in [-0.2, -0.15) is 0 Å². The third-order valence-corrected chi connectivity index (χ3v) is 5.36. The SMILES string of the molecule is CN(Cc1ccccc1)C(=O)NCCC(=O)N1CCC(C(=O)Nc2ccccn2)CC1. The second kappa shape index (κ2) is 11.1. The van der Waals surface area contributed by atoms with Crippen LogP contribution in [0.2, 0.25) is 0 Å². The zero-order valence-electron chi connectivity index (χ0n) is 17.8. The van der Waals surface area contributed by atoms with Crippen molar-refractivity contribution in [3.63, 3.8) is 0 Å². The number of nitrogens with one attached hydrogen (secondary N) is 2. The molecule has 3 rings (SSSR count). The minimum Gasteiger partial charge on any atom is -0.343 e. The number of carbonyl (C=O) groups excluding carboxylic acids is 3. The Bertz CT molecular complexity index is 867. The highest BCUT2D eigenvalue weighted by molar-refractivity contribution is 5.91.